The van der Waals surface area contributed by atoms with E-state index in [4.69, 9.17) is 17.2 Å². The molecule has 0 aliphatic carbocycles. The second-order valence-corrected chi connectivity index (χ2v) is 6.46. The Hall–Kier alpha value is -2.73. The van der Waals surface area contributed by atoms with Crippen LogP contribution < -0.4 is 5.32 Å². The van der Waals surface area contributed by atoms with Crippen LogP contribution in [0.2, 0.25) is 0 Å². The number of nitrogens with zero attached hydrogens (tertiary/aromatic N) is 2. The summed E-state index contributed by atoms with van der Waals surface area (Å²) in [6.07, 6.45) is 0. The molecule has 4 rings (SSSR count). The van der Waals surface area contributed by atoms with Gasteiger partial charge in [0.1, 0.15) is 5.65 Å². The number of aromatic nitrogens is 3. The Morgan fingerprint density at radius 1 is 1.25 bits per heavy atom. The summed E-state index contributed by atoms with van der Waals surface area (Å²) in [6.45, 7) is 3.87. The number of fused-ring (bicyclic) bond motifs is 5. The molecule has 0 saturated heterocycles. The number of amides is 1. The maximum atomic E-state index is 12.2. The second-order valence-electron chi connectivity index (χ2n) is 6.08. The number of hydrogen-bond donors (Lipinski definition) is 2. The molecule has 4 aromatic rings. The smallest absolute Gasteiger partial charge is 0.251 e. The Morgan fingerprint density at radius 2 is 2.04 bits per heavy atom. The van der Waals surface area contributed by atoms with Gasteiger partial charge in [0.15, 0.2) is 4.77 Å². The second kappa shape index (κ2) is 5.42. The standard InChI is InChI=1S/C18H16N4OS/c1-10(2)19-17(23)11-7-8-12-14(9-11)21-18(24)22-15-6-4-3-5-13(15)20-16(12)22/h3-10H,1-2H3,(H,19,23)(H,21,24). The lowest BCUT2D eigenvalue weighted by atomic mass is 10.1. The monoisotopic (exact) mass is 336 g/mol. The van der Waals surface area contributed by atoms with E-state index in [0.29, 0.717) is 10.3 Å². The minimum atomic E-state index is -0.0976. The van der Waals surface area contributed by atoms with Crippen LogP contribution >= 0.6 is 12.2 Å². The summed E-state index contributed by atoms with van der Waals surface area (Å²) in [5.74, 6) is -0.0976. The van der Waals surface area contributed by atoms with Gasteiger partial charge < -0.3 is 10.3 Å². The zero-order valence-electron chi connectivity index (χ0n) is 13.3. The van der Waals surface area contributed by atoms with Gasteiger partial charge in [0.25, 0.3) is 5.91 Å². The minimum Gasteiger partial charge on any atom is -0.350 e. The first kappa shape index (κ1) is 14.8. The molecule has 2 heterocycles. The van der Waals surface area contributed by atoms with Crippen molar-refractivity contribution in [2.45, 2.75) is 19.9 Å². The molecule has 2 aromatic carbocycles. The molecular weight excluding hydrogens is 320 g/mol. The fourth-order valence-electron chi connectivity index (χ4n) is 2.91. The first-order chi connectivity index (χ1) is 11.5. The van der Waals surface area contributed by atoms with Crippen LogP contribution in [0, 0.1) is 4.77 Å². The molecule has 0 unspecified atom stereocenters. The Bertz CT molecular complexity index is 1160. The number of benzene rings is 2. The van der Waals surface area contributed by atoms with E-state index in [1.807, 2.05) is 60.7 Å². The molecule has 1 amide bonds. The van der Waals surface area contributed by atoms with E-state index in [2.05, 4.69) is 10.3 Å². The lowest BCUT2D eigenvalue weighted by Gasteiger charge is -2.09. The molecule has 120 valence electrons. The molecule has 0 fully saturated rings. The van der Waals surface area contributed by atoms with Crippen LogP contribution in [0.4, 0.5) is 0 Å². The molecule has 0 aliphatic rings. The number of para-hydroxylation sites is 2. The topological polar surface area (TPSA) is 62.2 Å². The average molecular weight is 336 g/mol. The zero-order valence-corrected chi connectivity index (χ0v) is 14.1. The molecular formula is C18H16N4OS. The number of nitrogens with one attached hydrogen (secondary N) is 2. The minimum absolute atomic E-state index is 0.0896. The van der Waals surface area contributed by atoms with Crippen molar-refractivity contribution in [1.29, 1.82) is 0 Å². The number of carbonyl (C=O) groups excluding carboxylic acids is 1. The van der Waals surface area contributed by atoms with Gasteiger partial charge in [-0.05, 0) is 56.4 Å². The van der Waals surface area contributed by atoms with Crippen LogP contribution in [0.3, 0.4) is 0 Å². The summed E-state index contributed by atoms with van der Waals surface area (Å²) in [5, 5.41) is 3.83. The number of hydrogen-bond acceptors (Lipinski definition) is 3. The lowest BCUT2D eigenvalue weighted by molar-refractivity contribution is 0.0943. The van der Waals surface area contributed by atoms with Crippen molar-refractivity contribution in [2.24, 2.45) is 0 Å². The highest BCUT2D eigenvalue weighted by Gasteiger charge is 2.12. The normalized spacial score (nSPS) is 11.6. The Morgan fingerprint density at radius 3 is 2.83 bits per heavy atom. The maximum Gasteiger partial charge on any atom is 0.251 e. The predicted octanol–water partition coefficient (Wildman–Crippen LogP) is 3.84. The van der Waals surface area contributed by atoms with Crippen LogP contribution in [0.1, 0.15) is 24.2 Å². The van der Waals surface area contributed by atoms with E-state index in [1.54, 1.807) is 0 Å². The molecule has 24 heavy (non-hydrogen) atoms. The maximum absolute atomic E-state index is 12.2. The van der Waals surface area contributed by atoms with Gasteiger partial charge in [-0.2, -0.15) is 0 Å². The fourth-order valence-corrected chi connectivity index (χ4v) is 3.21. The quantitative estimate of drug-likeness (QED) is 0.547. The number of aromatic amines is 1. The average Bonchev–Trinajstić information content (AvgIpc) is 2.94. The van der Waals surface area contributed by atoms with Crippen molar-refractivity contribution in [3.05, 3.63) is 52.8 Å². The Kier molecular flexibility index (Phi) is 3.35. The van der Waals surface area contributed by atoms with Gasteiger partial charge in [0.2, 0.25) is 0 Å². The molecule has 0 radical (unpaired) electrons. The highest BCUT2D eigenvalue weighted by Crippen LogP contribution is 2.24. The summed E-state index contributed by atoms with van der Waals surface area (Å²) in [5.41, 5.74) is 4.07. The van der Waals surface area contributed by atoms with Gasteiger partial charge in [-0.3, -0.25) is 9.20 Å². The highest BCUT2D eigenvalue weighted by atomic mass is 32.1. The van der Waals surface area contributed by atoms with E-state index in [0.717, 1.165) is 27.6 Å². The molecule has 0 atom stereocenters. The summed E-state index contributed by atoms with van der Waals surface area (Å²) in [4.78, 5) is 20.1. The third-order valence-electron chi connectivity index (χ3n) is 3.95. The molecule has 2 N–H and O–H groups in total. The van der Waals surface area contributed by atoms with Crippen molar-refractivity contribution in [2.75, 3.05) is 0 Å². The Balaban J connectivity index is 2.00. The first-order valence-corrected chi connectivity index (χ1v) is 8.19. The highest BCUT2D eigenvalue weighted by molar-refractivity contribution is 7.71. The molecule has 0 bridgehead atoms. The Labute approximate surface area is 143 Å². The fraction of sp³-hybridized carbons (Fsp3) is 0.167. The molecule has 2 aromatic heterocycles. The number of imidazole rings is 1. The van der Waals surface area contributed by atoms with E-state index in [-0.39, 0.29) is 11.9 Å². The third kappa shape index (κ3) is 2.27. The first-order valence-electron chi connectivity index (χ1n) is 7.79. The molecule has 5 nitrogen and oxygen atoms in total. The van der Waals surface area contributed by atoms with Gasteiger partial charge in [-0.25, -0.2) is 4.98 Å². The lowest BCUT2D eigenvalue weighted by Crippen LogP contribution is -2.30. The van der Waals surface area contributed by atoms with Crippen LogP contribution in [-0.4, -0.2) is 26.3 Å². The number of rotatable bonds is 2. The van der Waals surface area contributed by atoms with Crippen LogP contribution in [0.5, 0.6) is 0 Å². The van der Waals surface area contributed by atoms with Crippen molar-refractivity contribution in [1.82, 2.24) is 19.7 Å². The predicted molar refractivity (Wildman–Crippen MR) is 98.0 cm³/mol. The van der Waals surface area contributed by atoms with Gasteiger partial charge in [-0.1, -0.05) is 12.1 Å². The van der Waals surface area contributed by atoms with Gasteiger partial charge in [0.05, 0.1) is 16.6 Å². The zero-order chi connectivity index (χ0) is 16.8. The van der Waals surface area contributed by atoms with Crippen LogP contribution in [-0.2, 0) is 0 Å². The molecule has 6 heteroatoms. The summed E-state index contributed by atoms with van der Waals surface area (Å²) in [6, 6.07) is 13.5. The van der Waals surface area contributed by atoms with Crippen molar-refractivity contribution < 1.29 is 4.79 Å². The third-order valence-corrected chi connectivity index (χ3v) is 4.23. The largest absolute Gasteiger partial charge is 0.350 e. The van der Waals surface area contributed by atoms with E-state index < -0.39 is 0 Å². The van der Waals surface area contributed by atoms with E-state index in [9.17, 15) is 4.79 Å². The van der Waals surface area contributed by atoms with Crippen molar-refractivity contribution in [3.8, 4) is 0 Å². The SMILES string of the molecule is CC(C)NC(=O)c1ccc2c(c1)[nH]c(=S)n1c3ccccc3nc21. The summed E-state index contributed by atoms with van der Waals surface area (Å²) in [7, 11) is 0. The molecule has 0 spiro atoms. The summed E-state index contributed by atoms with van der Waals surface area (Å²) >= 11 is 5.51. The van der Waals surface area contributed by atoms with Crippen LogP contribution in [0.25, 0.3) is 27.6 Å². The van der Waals surface area contributed by atoms with Gasteiger partial charge >= 0.3 is 0 Å². The molecule has 0 aliphatic heterocycles. The molecule has 0 saturated carbocycles. The summed E-state index contributed by atoms with van der Waals surface area (Å²) < 4.78 is 2.49. The van der Waals surface area contributed by atoms with E-state index >= 15 is 0 Å². The van der Waals surface area contributed by atoms with E-state index in [1.165, 1.54) is 0 Å². The van der Waals surface area contributed by atoms with Gasteiger partial charge in [0, 0.05) is 17.0 Å². The number of H-pyrrole nitrogens is 1. The van der Waals surface area contributed by atoms with Gasteiger partial charge in [-0.15, -0.1) is 0 Å². The van der Waals surface area contributed by atoms with Crippen LogP contribution in [0.15, 0.2) is 42.5 Å². The van der Waals surface area contributed by atoms with Crippen molar-refractivity contribution >= 4 is 45.7 Å². The van der Waals surface area contributed by atoms with Crippen molar-refractivity contribution in [3.63, 3.8) is 0 Å². The number of carbonyl (C=O) groups is 1.